The van der Waals surface area contributed by atoms with E-state index in [9.17, 15) is 33.8 Å². The van der Waals surface area contributed by atoms with Gasteiger partial charge in [0.2, 0.25) is 5.60 Å². The van der Waals surface area contributed by atoms with Gasteiger partial charge in [-0.2, -0.15) is 0 Å². The largest absolute Gasteiger partial charge is 0.543 e. The molecule has 2 aliphatic rings. The Morgan fingerprint density at radius 2 is 2.05 bits per heavy atom. The van der Waals surface area contributed by atoms with Crippen molar-refractivity contribution >= 4 is 52.6 Å². The molecule has 200 valence electrons. The topological polar surface area (TPSA) is 165 Å². The molecule has 0 spiro atoms. The second kappa shape index (κ2) is 10.5. The van der Waals surface area contributed by atoms with Crippen LogP contribution in [0.1, 0.15) is 24.5 Å². The van der Waals surface area contributed by atoms with Crippen molar-refractivity contribution in [2.24, 2.45) is 5.16 Å². The average Bonchev–Trinajstić information content (AvgIpc) is 3.29. The lowest BCUT2D eigenvalue weighted by Crippen LogP contribution is -2.71. The summed E-state index contributed by atoms with van der Waals surface area (Å²) in [6.45, 7) is 4.30. The number of aryl methyl sites for hydroxylation is 1. The van der Waals surface area contributed by atoms with Crippen molar-refractivity contribution < 1.29 is 43.2 Å². The van der Waals surface area contributed by atoms with Crippen LogP contribution in [0, 0.1) is 12.7 Å². The van der Waals surface area contributed by atoms with E-state index in [-0.39, 0.29) is 29.4 Å². The number of thioether (sulfide) groups is 1. The van der Waals surface area contributed by atoms with Gasteiger partial charge >= 0.3 is 5.97 Å². The average molecular weight is 564 g/mol. The molecular weight excluding hydrogens is 541 g/mol. The highest BCUT2D eigenvalue weighted by molar-refractivity contribution is 8.00. The summed E-state index contributed by atoms with van der Waals surface area (Å²) in [7, 11) is 0. The highest BCUT2D eigenvalue weighted by Crippen LogP contribution is 2.40. The highest BCUT2D eigenvalue weighted by Gasteiger charge is 2.53. The van der Waals surface area contributed by atoms with E-state index in [4.69, 9.17) is 4.84 Å². The molecular formula is C23H22FN5O7S2. The molecule has 0 aromatic carbocycles. The first-order valence-corrected chi connectivity index (χ1v) is 13.1. The van der Waals surface area contributed by atoms with Gasteiger partial charge in [0, 0.05) is 28.8 Å². The highest BCUT2D eigenvalue weighted by atomic mass is 32.2. The Bertz CT molecular complexity index is 1370. The number of amides is 2. The van der Waals surface area contributed by atoms with E-state index >= 15 is 0 Å². The molecule has 12 nitrogen and oxygen atoms in total. The summed E-state index contributed by atoms with van der Waals surface area (Å²) in [5.41, 5.74) is -1.85. The Labute approximate surface area is 223 Å². The maximum absolute atomic E-state index is 13.2. The number of fused-ring (bicyclic) bond motifs is 1. The van der Waals surface area contributed by atoms with Gasteiger partial charge in [-0.05, 0) is 20.8 Å². The predicted molar refractivity (Wildman–Crippen MR) is 130 cm³/mol. The van der Waals surface area contributed by atoms with E-state index in [1.54, 1.807) is 11.5 Å². The summed E-state index contributed by atoms with van der Waals surface area (Å²) in [5, 5.41) is 29.0. The van der Waals surface area contributed by atoms with Crippen LogP contribution in [0.25, 0.3) is 0 Å². The van der Waals surface area contributed by atoms with Gasteiger partial charge in [0.25, 0.3) is 11.8 Å². The smallest absolute Gasteiger partial charge is 0.350 e. The van der Waals surface area contributed by atoms with Crippen molar-refractivity contribution in [1.82, 2.24) is 15.2 Å². The molecule has 0 radical (unpaired) electrons. The fourth-order valence-corrected chi connectivity index (χ4v) is 5.58. The summed E-state index contributed by atoms with van der Waals surface area (Å²) < 4.78 is 14.8. The number of carboxylic acid groups (broad SMARTS) is 2. The van der Waals surface area contributed by atoms with Crippen LogP contribution < -0.4 is 15.0 Å². The van der Waals surface area contributed by atoms with E-state index < -0.39 is 46.6 Å². The molecule has 0 unspecified atom stereocenters. The summed E-state index contributed by atoms with van der Waals surface area (Å²) in [6, 6.07) is 1.37. The van der Waals surface area contributed by atoms with E-state index in [2.05, 4.69) is 15.5 Å². The third-order valence-electron chi connectivity index (χ3n) is 5.71. The number of rotatable bonds is 9. The second-order valence-electron chi connectivity index (χ2n) is 8.89. The molecule has 2 aromatic rings. The molecule has 0 saturated carbocycles. The zero-order chi connectivity index (χ0) is 27.8. The minimum Gasteiger partial charge on any atom is -0.543 e. The van der Waals surface area contributed by atoms with Gasteiger partial charge in [-0.15, -0.1) is 23.1 Å². The van der Waals surface area contributed by atoms with E-state index in [1.807, 2.05) is 0 Å². The number of β-lactam (4-membered cyclic amide) rings is 1. The quantitative estimate of drug-likeness (QED) is 0.178. The Kier molecular flexibility index (Phi) is 7.51. The van der Waals surface area contributed by atoms with Gasteiger partial charge in [-0.25, -0.2) is 18.7 Å². The number of nitrogens with zero attached hydrogens (tertiary/aromatic N) is 4. The minimum atomic E-state index is -1.74. The summed E-state index contributed by atoms with van der Waals surface area (Å²) in [4.78, 5) is 59.9. The number of carboxylic acids is 2. The maximum atomic E-state index is 13.2. The standard InChI is InChI=1S/C23H22FN5O7S2/c1-11-25-14(10-37-11)15(27-36-23(2,3)22(34)35)18(30)26-16-19(31)29-17(21(32)33)12(9-38-20(16)29)8-28-6-4-13(24)5-7-28/h4-7,10,16,20H,8-9H2,1-3H3,(H2-,26,30,32,33,34,35)/b27-15+/t16-,20-/m1/s1. The fourth-order valence-electron chi connectivity index (χ4n) is 3.64. The number of aliphatic carboxylic acids is 2. The van der Waals surface area contributed by atoms with E-state index in [0.717, 1.165) is 4.90 Å². The number of hydrogen-bond donors (Lipinski definition) is 2. The molecule has 0 aliphatic carbocycles. The second-order valence-corrected chi connectivity index (χ2v) is 11.1. The molecule has 2 aliphatic heterocycles. The van der Waals surface area contributed by atoms with Crippen LogP contribution >= 0.6 is 23.1 Å². The molecule has 4 rings (SSSR count). The summed E-state index contributed by atoms with van der Waals surface area (Å²) in [6.07, 6.45) is 2.89. The molecule has 1 fully saturated rings. The van der Waals surface area contributed by atoms with Crippen LogP contribution in [0.5, 0.6) is 0 Å². The van der Waals surface area contributed by atoms with Crippen LogP contribution in [0.3, 0.4) is 0 Å². The molecule has 38 heavy (non-hydrogen) atoms. The number of carbonyl (C=O) groups is 4. The first-order chi connectivity index (χ1) is 17.9. The van der Waals surface area contributed by atoms with Crippen LogP contribution in [0.2, 0.25) is 0 Å². The first-order valence-electron chi connectivity index (χ1n) is 11.1. The number of hydrogen-bond acceptors (Lipinski definition) is 10. The normalized spacial score (nSPS) is 19.5. The zero-order valence-corrected chi connectivity index (χ0v) is 22.0. The Balaban J connectivity index is 1.55. The Hall–Kier alpha value is -3.85. The SMILES string of the molecule is Cc1nc(/C(=N\OC(C)(C)C(=O)O)C(=O)N[C@@H]2C(=O)N3C(C(=O)[O-])=C(C[n+]4ccc(F)cc4)CS[C@H]23)cs1. The van der Waals surface area contributed by atoms with Gasteiger partial charge in [0.15, 0.2) is 24.7 Å². The molecule has 0 bridgehead atoms. The molecule has 1 saturated heterocycles. The third kappa shape index (κ3) is 5.38. The molecule has 2 N–H and O–H groups in total. The van der Waals surface area contributed by atoms with Gasteiger partial charge in [0.1, 0.15) is 22.9 Å². The Morgan fingerprint density at radius 1 is 1.37 bits per heavy atom. The van der Waals surface area contributed by atoms with Crippen LogP contribution in [0.15, 0.2) is 46.3 Å². The monoisotopic (exact) mass is 563 g/mol. The molecule has 4 heterocycles. The van der Waals surface area contributed by atoms with Crippen molar-refractivity contribution in [1.29, 1.82) is 0 Å². The molecule has 2 atom stereocenters. The number of carbonyl (C=O) groups excluding carboxylic acids is 3. The number of oxime groups is 1. The van der Waals surface area contributed by atoms with Crippen molar-refractivity contribution in [2.45, 2.75) is 44.3 Å². The number of pyridine rings is 1. The van der Waals surface area contributed by atoms with Crippen molar-refractivity contribution in [2.75, 3.05) is 5.75 Å². The first kappa shape index (κ1) is 27.2. The number of thiazole rings is 1. The molecule has 2 aromatic heterocycles. The van der Waals surface area contributed by atoms with Crippen LogP contribution in [0.4, 0.5) is 4.39 Å². The van der Waals surface area contributed by atoms with Gasteiger partial charge in [-0.3, -0.25) is 14.5 Å². The summed E-state index contributed by atoms with van der Waals surface area (Å²) in [5.74, 6) is -4.60. The van der Waals surface area contributed by atoms with Crippen molar-refractivity contribution in [3.8, 4) is 0 Å². The molecule has 2 amide bonds. The van der Waals surface area contributed by atoms with Gasteiger partial charge in [0.05, 0.1) is 16.7 Å². The number of aromatic nitrogens is 2. The van der Waals surface area contributed by atoms with Crippen LogP contribution in [-0.4, -0.2) is 67.2 Å². The van der Waals surface area contributed by atoms with E-state index in [1.165, 1.54) is 66.9 Å². The lowest BCUT2D eigenvalue weighted by Gasteiger charge is -2.50. The minimum absolute atomic E-state index is 0.0980. The Morgan fingerprint density at radius 3 is 2.63 bits per heavy atom. The lowest BCUT2D eigenvalue weighted by atomic mass is 10.0. The van der Waals surface area contributed by atoms with Gasteiger partial charge in [-0.1, -0.05) is 5.16 Å². The lowest BCUT2D eigenvalue weighted by molar-refractivity contribution is -0.689. The van der Waals surface area contributed by atoms with Crippen LogP contribution in [-0.2, 0) is 30.6 Å². The maximum Gasteiger partial charge on any atom is 0.350 e. The fraction of sp³-hybridized carbons (Fsp3) is 0.348. The van der Waals surface area contributed by atoms with Crippen molar-refractivity contribution in [3.63, 3.8) is 0 Å². The van der Waals surface area contributed by atoms with E-state index in [0.29, 0.717) is 10.6 Å². The molecule has 15 heteroatoms. The summed E-state index contributed by atoms with van der Waals surface area (Å²) >= 11 is 2.47. The number of halogens is 1. The predicted octanol–water partition coefficient (Wildman–Crippen LogP) is -0.434. The van der Waals surface area contributed by atoms with Crippen molar-refractivity contribution in [3.05, 3.63) is 57.7 Å². The zero-order valence-electron chi connectivity index (χ0n) is 20.3. The van der Waals surface area contributed by atoms with Gasteiger partial charge < -0.3 is 25.2 Å². The number of nitrogens with one attached hydrogen (secondary N) is 1. The third-order valence-corrected chi connectivity index (χ3v) is 7.82.